The number of fused-ring (bicyclic) bond motifs is 2. The molecule has 0 spiro atoms. The summed E-state index contributed by atoms with van der Waals surface area (Å²) in [6.07, 6.45) is 2.89. The highest BCUT2D eigenvalue weighted by Gasteiger charge is 2.56. The van der Waals surface area contributed by atoms with Crippen LogP contribution in [0, 0.1) is 29.0 Å². The Bertz CT molecular complexity index is 1230. The van der Waals surface area contributed by atoms with Gasteiger partial charge in [-0.3, -0.25) is 4.79 Å². The van der Waals surface area contributed by atoms with Gasteiger partial charge >= 0.3 is 0 Å². The van der Waals surface area contributed by atoms with Gasteiger partial charge in [0.15, 0.2) is 5.96 Å². The molecule has 5 atom stereocenters. The molecule has 40 heavy (non-hydrogen) atoms. The van der Waals surface area contributed by atoms with Gasteiger partial charge in [-0.25, -0.2) is 9.38 Å². The van der Waals surface area contributed by atoms with E-state index in [-0.39, 0.29) is 11.7 Å². The molecule has 1 aliphatic heterocycles. The summed E-state index contributed by atoms with van der Waals surface area (Å²) in [6.45, 7) is 12.5. The molecule has 4 fully saturated rings. The minimum atomic E-state index is -0.330. The lowest BCUT2D eigenvalue weighted by atomic mass is 9.45. The summed E-state index contributed by atoms with van der Waals surface area (Å²) in [5, 5.41) is 10.0. The smallest absolute Gasteiger partial charge is 0.251 e. The Morgan fingerprint density at radius 2 is 1.95 bits per heavy atom. The van der Waals surface area contributed by atoms with Gasteiger partial charge in [0.2, 0.25) is 0 Å². The highest BCUT2D eigenvalue weighted by atomic mass is 19.1. The highest BCUT2D eigenvalue weighted by molar-refractivity contribution is 5.96. The maximum Gasteiger partial charge on any atom is 0.251 e. The number of amides is 1. The largest absolute Gasteiger partial charge is 0.497 e. The number of nitrogens with zero attached hydrogens (tertiary/aromatic N) is 2. The molecule has 216 valence electrons. The number of anilines is 1. The van der Waals surface area contributed by atoms with Crippen molar-refractivity contribution in [2.24, 2.45) is 28.2 Å². The number of rotatable bonds is 7. The van der Waals surface area contributed by atoms with Crippen LogP contribution in [-0.2, 0) is 6.42 Å². The molecule has 1 amide bonds. The van der Waals surface area contributed by atoms with Crippen molar-refractivity contribution in [3.63, 3.8) is 0 Å². The van der Waals surface area contributed by atoms with Crippen molar-refractivity contribution in [3.05, 3.63) is 59.4 Å². The molecule has 4 aliphatic rings. The summed E-state index contributed by atoms with van der Waals surface area (Å²) in [7, 11) is 1.51. The van der Waals surface area contributed by atoms with Crippen LogP contribution in [0.25, 0.3) is 0 Å². The number of carbonyl (C=O) groups is 1. The van der Waals surface area contributed by atoms with Crippen LogP contribution in [-0.4, -0.2) is 62.1 Å². The van der Waals surface area contributed by atoms with Gasteiger partial charge in [0.05, 0.1) is 13.2 Å². The van der Waals surface area contributed by atoms with Gasteiger partial charge in [0.25, 0.3) is 5.91 Å². The maximum atomic E-state index is 14.2. The fraction of sp³-hybridized carbons (Fsp3) is 0.562. The molecule has 3 aliphatic carbocycles. The molecule has 2 aromatic carbocycles. The van der Waals surface area contributed by atoms with Gasteiger partial charge in [-0.15, -0.1) is 0 Å². The number of piperazine rings is 1. The van der Waals surface area contributed by atoms with E-state index in [0.717, 1.165) is 49.5 Å². The van der Waals surface area contributed by atoms with Gasteiger partial charge in [0.1, 0.15) is 11.6 Å². The fourth-order valence-electron chi connectivity index (χ4n) is 6.87. The Morgan fingerprint density at radius 3 is 2.60 bits per heavy atom. The number of halogens is 1. The monoisotopic (exact) mass is 549 g/mol. The van der Waals surface area contributed by atoms with Crippen LogP contribution in [0.5, 0.6) is 5.75 Å². The van der Waals surface area contributed by atoms with Crippen molar-refractivity contribution in [1.82, 2.24) is 15.5 Å². The number of methoxy groups -OCH3 is 1. The summed E-state index contributed by atoms with van der Waals surface area (Å²) >= 11 is 0. The minimum absolute atomic E-state index is 0.178. The zero-order chi connectivity index (χ0) is 28.4. The van der Waals surface area contributed by atoms with E-state index in [0.29, 0.717) is 53.3 Å². The highest BCUT2D eigenvalue weighted by Crippen LogP contribution is 2.61. The molecular weight excluding hydrogens is 505 g/mol. The van der Waals surface area contributed by atoms with Crippen molar-refractivity contribution in [3.8, 4) is 5.75 Å². The lowest BCUT2D eigenvalue weighted by Gasteiger charge is -2.61. The molecule has 0 unspecified atom stereocenters. The number of benzene rings is 2. The number of hydrogen-bond donors (Lipinski definition) is 3. The van der Waals surface area contributed by atoms with E-state index in [1.807, 2.05) is 24.3 Å². The van der Waals surface area contributed by atoms with Crippen molar-refractivity contribution in [2.75, 3.05) is 38.6 Å². The third kappa shape index (κ3) is 5.97. The van der Waals surface area contributed by atoms with Crippen LogP contribution in [0.3, 0.4) is 0 Å². The summed E-state index contributed by atoms with van der Waals surface area (Å²) in [5.41, 5.74) is 2.46. The van der Waals surface area contributed by atoms with Crippen LogP contribution >= 0.6 is 0 Å². The lowest BCUT2D eigenvalue weighted by molar-refractivity contribution is -0.108. The molecule has 0 aromatic heterocycles. The first kappa shape index (κ1) is 28.4. The van der Waals surface area contributed by atoms with Crippen molar-refractivity contribution in [2.45, 2.75) is 59.0 Å². The maximum absolute atomic E-state index is 14.2. The van der Waals surface area contributed by atoms with Crippen molar-refractivity contribution in [1.29, 1.82) is 0 Å². The van der Waals surface area contributed by atoms with Gasteiger partial charge in [-0.1, -0.05) is 26.8 Å². The molecule has 7 nitrogen and oxygen atoms in total. The van der Waals surface area contributed by atoms with E-state index < -0.39 is 0 Å². The topological polar surface area (TPSA) is 78.0 Å². The number of guanidine groups is 1. The zero-order valence-electron chi connectivity index (χ0n) is 24.5. The third-order valence-electron chi connectivity index (χ3n) is 9.61. The third-order valence-corrected chi connectivity index (χ3v) is 9.61. The molecule has 1 heterocycles. The van der Waals surface area contributed by atoms with Crippen molar-refractivity contribution >= 4 is 17.6 Å². The second-order valence-corrected chi connectivity index (χ2v) is 12.4. The Kier molecular flexibility index (Phi) is 8.36. The standard InChI is InChI=1S/C32H44FN5O2/c1-20-19-38(15-14-34-20)31(37-29-17-24-16-27(21(29)2)32(24,3)4)36-25-9-6-23(7-10-25)30(39)35-13-12-22-8-11-26(40-5)18-28(22)33/h6-11,18,20-21,24,27,29,34H,12-17,19H2,1-5H3,(H,35,39)(H,36,37)/t20-,21+,24-,27-,29-/m0/s1. The van der Waals surface area contributed by atoms with E-state index >= 15 is 0 Å². The summed E-state index contributed by atoms with van der Waals surface area (Å²) in [5.74, 6) is 2.96. The quantitative estimate of drug-likeness (QED) is 0.337. The predicted molar refractivity (Wildman–Crippen MR) is 158 cm³/mol. The zero-order valence-corrected chi connectivity index (χ0v) is 24.5. The molecule has 6 rings (SSSR count). The predicted octanol–water partition coefficient (Wildman–Crippen LogP) is 4.94. The second-order valence-electron chi connectivity index (χ2n) is 12.4. The Balaban J connectivity index is 1.22. The molecule has 1 saturated heterocycles. The van der Waals surface area contributed by atoms with Crippen LogP contribution in [0.4, 0.5) is 10.1 Å². The molecule has 2 aromatic rings. The molecule has 2 bridgehead atoms. The summed E-state index contributed by atoms with van der Waals surface area (Å²) in [6, 6.07) is 13.0. The van der Waals surface area contributed by atoms with Gasteiger partial charge in [-0.2, -0.15) is 0 Å². The van der Waals surface area contributed by atoms with Crippen LogP contribution in [0.1, 0.15) is 56.5 Å². The number of hydrogen-bond acceptors (Lipinski definition) is 4. The average Bonchev–Trinajstić information content (AvgIpc) is 2.94. The average molecular weight is 550 g/mol. The fourth-order valence-corrected chi connectivity index (χ4v) is 6.87. The first-order valence-electron chi connectivity index (χ1n) is 14.7. The first-order valence-corrected chi connectivity index (χ1v) is 14.7. The molecule has 8 heteroatoms. The van der Waals surface area contributed by atoms with E-state index in [1.54, 1.807) is 12.1 Å². The van der Waals surface area contributed by atoms with E-state index in [9.17, 15) is 9.18 Å². The van der Waals surface area contributed by atoms with Gasteiger partial charge in [0, 0.05) is 49.5 Å². The van der Waals surface area contributed by atoms with E-state index in [1.165, 1.54) is 19.6 Å². The normalized spacial score (nSPS) is 27.5. The van der Waals surface area contributed by atoms with Crippen LogP contribution in [0.15, 0.2) is 47.5 Å². The van der Waals surface area contributed by atoms with Gasteiger partial charge < -0.3 is 25.6 Å². The number of nitrogens with one attached hydrogen (secondary N) is 3. The lowest BCUT2D eigenvalue weighted by Crippen LogP contribution is -2.57. The number of carbonyl (C=O) groups excluding carboxylic acids is 1. The molecule has 0 radical (unpaired) electrons. The Labute approximate surface area is 238 Å². The SMILES string of the molecule is COc1ccc(CCNC(=O)c2ccc(NC(=N[C@H]3C[C@@H]4C[C@@H]([C@H]3C)C4(C)C)N3CCN[C@@H](C)C3)cc2)c(F)c1. The number of ether oxygens (including phenoxy) is 1. The summed E-state index contributed by atoms with van der Waals surface area (Å²) in [4.78, 5) is 20.4. The van der Waals surface area contributed by atoms with Crippen molar-refractivity contribution < 1.29 is 13.9 Å². The molecular formula is C32H44FN5O2. The Morgan fingerprint density at radius 1 is 1.18 bits per heavy atom. The Hall–Kier alpha value is -3.13. The van der Waals surface area contributed by atoms with Crippen LogP contribution < -0.4 is 20.7 Å². The van der Waals surface area contributed by atoms with Gasteiger partial charge in [-0.05, 0) is 85.3 Å². The van der Waals surface area contributed by atoms with Crippen LogP contribution in [0.2, 0.25) is 0 Å². The number of aliphatic imine (C=N–C) groups is 1. The molecule has 3 N–H and O–H groups in total. The minimum Gasteiger partial charge on any atom is -0.497 e. The van der Waals surface area contributed by atoms with E-state index in [4.69, 9.17) is 9.73 Å². The molecule has 3 saturated carbocycles. The second kappa shape index (κ2) is 11.8. The summed E-state index contributed by atoms with van der Waals surface area (Å²) < 4.78 is 19.2. The first-order chi connectivity index (χ1) is 19.2. The van der Waals surface area contributed by atoms with E-state index in [2.05, 4.69) is 48.5 Å².